The van der Waals surface area contributed by atoms with E-state index in [1.54, 1.807) is 4.57 Å². The van der Waals surface area contributed by atoms with Gasteiger partial charge in [-0.3, -0.25) is 0 Å². The topological polar surface area (TPSA) is 67.1 Å². The van der Waals surface area contributed by atoms with Gasteiger partial charge in [-0.25, -0.2) is 9.78 Å². The minimum Gasteiger partial charge on any atom is -0.475 e. The van der Waals surface area contributed by atoms with Gasteiger partial charge in [-0.15, -0.1) is 0 Å². The van der Waals surface area contributed by atoms with Gasteiger partial charge in [0.2, 0.25) is 5.82 Å². The first-order valence-electron chi connectivity index (χ1n) is 3.89. The third-order valence-corrected chi connectivity index (χ3v) is 2.65. The summed E-state index contributed by atoms with van der Waals surface area (Å²) >= 11 is 3.24. The molecule has 0 unspecified atom stereocenters. The van der Waals surface area contributed by atoms with E-state index >= 15 is 0 Å². The summed E-state index contributed by atoms with van der Waals surface area (Å²) in [4.78, 5) is 14.7. The number of carbonyl (C=O) groups is 1. The predicted octanol–water partition coefficient (Wildman–Crippen LogP) is 0.447. The van der Waals surface area contributed by atoms with Gasteiger partial charge in [0.15, 0.2) is 0 Å². The summed E-state index contributed by atoms with van der Waals surface area (Å²) in [7, 11) is 0. The Labute approximate surface area is 82.9 Å². The Bertz CT molecular complexity index is 361. The van der Waals surface area contributed by atoms with Crippen molar-refractivity contribution >= 4 is 21.9 Å². The number of hydrogen-bond donors (Lipinski definition) is 2. The smallest absolute Gasteiger partial charge is 0.372 e. The summed E-state index contributed by atoms with van der Waals surface area (Å²) in [6, 6.07) is 0. The number of aromatic carboxylic acids is 1. The zero-order valence-corrected chi connectivity index (χ0v) is 8.34. The first-order chi connectivity index (χ1) is 6.20. The van der Waals surface area contributed by atoms with Crippen molar-refractivity contribution in [2.75, 3.05) is 6.54 Å². The van der Waals surface area contributed by atoms with Crippen LogP contribution in [-0.2, 0) is 13.1 Å². The van der Waals surface area contributed by atoms with Gasteiger partial charge in [-0.1, -0.05) is 0 Å². The van der Waals surface area contributed by atoms with E-state index < -0.39 is 5.97 Å². The zero-order chi connectivity index (χ0) is 9.42. The van der Waals surface area contributed by atoms with Crippen LogP contribution in [0.1, 0.15) is 16.3 Å². The molecule has 0 fully saturated rings. The molecule has 1 aromatic rings. The molecule has 0 spiro atoms. The van der Waals surface area contributed by atoms with Crippen LogP contribution in [0.5, 0.6) is 0 Å². The molecule has 0 saturated heterocycles. The number of carboxylic acid groups (broad SMARTS) is 1. The molecule has 0 aliphatic carbocycles. The highest BCUT2D eigenvalue weighted by atomic mass is 79.9. The molecule has 0 amide bonds. The van der Waals surface area contributed by atoms with Crippen LogP contribution in [-0.4, -0.2) is 27.2 Å². The van der Waals surface area contributed by atoms with E-state index in [1.807, 2.05) is 0 Å². The van der Waals surface area contributed by atoms with E-state index in [0.29, 0.717) is 17.7 Å². The van der Waals surface area contributed by atoms with Crippen molar-refractivity contribution in [3.8, 4) is 0 Å². The van der Waals surface area contributed by atoms with Crippen molar-refractivity contribution in [3.05, 3.63) is 16.1 Å². The molecule has 70 valence electrons. The molecule has 0 aromatic carbocycles. The number of aromatic nitrogens is 2. The molecule has 1 aliphatic heterocycles. The second kappa shape index (κ2) is 3.12. The van der Waals surface area contributed by atoms with Crippen LogP contribution in [0.4, 0.5) is 0 Å². The van der Waals surface area contributed by atoms with E-state index in [0.717, 1.165) is 12.2 Å². The molecule has 2 N–H and O–H groups in total. The maximum Gasteiger partial charge on any atom is 0.372 e. The monoisotopic (exact) mass is 245 g/mol. The van der Waals surface area contributed by atoms with Crippen molar-refractivity contribution in [1.82, 2.24) is 14.9 Å². The lowest BCUT2D eigenvalue weighted by Crippen LogP contribution is -2.29. The molecule has 0 radical (unpaired) electrons. The molecule has 1 aliphatic rings. The largest absolute Gasteiger partial charge is 0.475 e. The van der Waals surface area contributed by atoms with Crippen molar-refractivity contribution < 1.29 is 9.90 Å². The van der Waals surface area contributed by atoms with Gasteiger partial charge < -0.3 is 15.0 Å². The van der Waals surface area contributed by atoms with Crippen LogP contribution < -0.4 is 5.32 Å². The lowest BCUT2D eigenvalue weighted by molar-refractivity contribution is 0.0677. The lowest BCUT2D eigenvalue weighted by atomic mass is 10.3. The molecular formula is C7H8BrN3O2. The van der Waals surface area contributed by atoms with E-state index in [9.17, 15) is 4.79 Å². The molecule has 0 bridgehead atoms. The Balaban J connectivity index is 2.53. The van der Waals surface area contributed by atoms with E-state index in [1.165, 1.54) is 0 Å². The Kier molecular flexibility index (Phi) is 2.09. The maximum atomic E-state index is 10.8. The van der Waals surface area contributed by atoms with Crippen LogP contribution in [0.15, 0.2) is 4.60 Å². The molecule has 0 atom stereocenters. The minimum absolute atomic E-state index is 0.114. The number of imidazole rings is 1. The maximum absolute atomic E-state index is 10.8. The number of carboxylic acids is 1. The fourth-order valence-corrected chi connectivity index (χ4v) is 1.95. The van der Waals surface area contributed by atoms with Gasteiger partial charge in [0, 0.05) is 19.6 Å². The lowest BCUT2D eigenvalue weighted by Gasteiger charge is -2.16. The molecular weight excluding hydrogens is 238 g/mol. The van der Waals surface area contributed by atoms with Crippen LogP contribution in [0, 0.1) is 0 Å². The summed E-state index contributed by atoms with van der Waals surface area (Å²) in [6.07, 6.45) is 0. The molecule has 6 heteroatoms. The Hall–Kier alpha value is -0.880. The Morgan fingerprint density at radius 3 is 3.15 bits per heavy atom. The predicted molar refractivity (Wildman–Crippen MR) is 48.6 cm³/mol. The van der Waals surface area contributed by atoms with Gasteiger partial charge in [-0.2, -0.15) is 0 Å². The van der Waals surface area contributed by atoms with E-state index in [2.05, 4.69) is 26.2 Å². The van der Waals surface area contributed by atoms with Crippen LogP contribution in [0.3, 0.4) is 0 Å². The highest BCUT2D eigenvalue weighted by molar-refractivity contribution is 9.10. The standard InChI is InChI=1S/C7H8BrN3O2/c8-5-4-3-9-1-2-11(4)6(10-5)7(12)13/h9H,1-3H2,(H,12,13). The number of hydrogen-bond acceptors (Lipinski definition) is 3. The Morgan fingerprint density at radius 1 is 1.69 bits per heavy atom. The van der Waals surface area contributed by atoms with Crippen molar-refractivity contribution in [2.24, 2.45) is 0 Å². The third-order valence-electron chi connectivity index (χ3n) is 2.02. The molecule has 1 aromatic heterocycles. The normalized spacial score (nSPS) is 15.5. The van der Waals surface area contributed by atoms with Crippen molar-refractivity contribution in [3.63, 3.8) is 0 Å². The van der Waals surface area contributed by atoms with Crippen LogP contribution in [0.25, 0.3) is 0 Å². The van der Waals surface area contributed by atoms with Crippen LogP contribution >= 0.6 is 15.9 Å². The number of halogens is 1. The number of fused-ring (bicyclic) bond motifs is 1. The Morgan fingerprint density at radius 2 is 2.46 bits per heavy atom. The SMILES string of the molecule is O=C(O)c1nc(Br)c2n1CCNC2. The molecule has 0 saturated carbocycles. The van der Waals surface area contributed by atoms with E-state index in [-0.39, 0.29) is 5.82 Å². The van der Waals surface area contributed by atoms with E-state index in [4.69, 9.17) is 5.11 Å². The zero-order valence-electron chi connectivity index (χ0n) is 6.75. The van der Waals surface area contributed by atoms with Gasteiger partial charge >= 0.3 is 5.97 Å². The average Bonchev–Trinajstić information content (AvgIpc) is 2.45. The summed E-state index contributed by atoms with van der Waals surface area (Å²) < 4.78 is 2.35. The summed E-state index contributed by atoms with van der Waals surface area (Å²) in [5.41, 5.74) is 0.906. The molecule has 2 rings (SSSR count). The second-order valence-corrected chi connectivity index (χ2v) is 3.56. The van der Waals surface area contributed by atoms with Gasteiger partial charge in [-0.05, 0) is 15.9 Å². The quantitative estimate of drug-likeness (QED) is 0.754. The average molecular weight is 246 g/mol. The highest BCUT2D eigenvalue weighted by Gasteiger charge is 2.21. The third kappa shape index (κ3) is 1.36. The first kappa shape index (κ1) is 8.71. The minimum atomic E-state index is -0.978. The summed E-state index contributed by atoms with van der Waals surface area (Å²) in [6.45, 7) is 2.12. The van der Waals surface area contributed by atoms with Gasteiger partial charge in [0.25, 0.3) is 0 Å². The van der Waals surface area contributed by atoms with Crippen molar-refractivity contribution in [2.45, 2.75) is 13.1 Å². The first-order valence-corrected chi connectivity index (χ1v) is 4.68. The summed E-state index contributed by atoms with van der Waals surface area (Å²) in [5, 5.41) is 12.0. The molecule has 5 nitrogen and oxygen atoms in total. The second-order valence-electron chi connectivity index (χ2n) is 2.81. The van der Waals surface area contributed by atoms with Crippen molar-refractivity contribution in [1.29, 1.82) is 0 Å². The number of nitrogens with one attached hydrogen (secondary N) is 1. The molecule has 13 heavy (non-hydrogen) atoms. The highest BCUT2D eigenvalue weighted by Crippen LogP contribution is 2.19. The fourth-order valence-electron chi connectivity index (χ4n) is 1.43. The number of nitrogens with zero attached hydrogens (tertiary/aromatic N) is 2. The van der Waals surface area contributed by atoms with Gasteiger partial charge in [0.05, 0.1) is 5.69 Å². The summed E-state index contributed by atoms with van der Waals surface area (Å²) in [5.74, 6) is -0.864. The van der Waals surface area contributed by atoms with Gasteiger partial charge in [0.1, 0.15) is 4.60 Å². The fraction of sp³-hybridized carbons (Fsp3) is 0.429. The van der Waals surface area contributed by atoms with Crippen LogP contribution in [0.2, 0.25) is 0 Å². The molecule has 2 heterocycles. The number of rotatable bonds is 1.